The number of hydrogen-bond acceptors (Lipinski definition) is 4. The normalized spacial score (nSPS) is 25.5. The van der Waals surface area contributed by atoms with E-state index in [-0.39, 0.29) is 29.1 Å². The fourth-order valence-corrected chi connectivity index (χ4v) is 6.04. The molecule has 2 saturated carbocycles. The summed E-state index contributed by atoms with van der Waals surface area (Å²) >= 11 is 0. The number of halogens is 4. The molecule has 2 fully saturated rings. The van der Waals surface area contributed by atoms with Gasteiger partial charge in [-0.3, -0.25) is 9.48 Å². The van der Waals surface area contributed by atoms with Gasteiger partial charge in [0.2, 0.25) is 0 Å². The Morgan fingerprint density at radius 2 is 1.89 bits per heavy atom. The molecule has 1 amide bonds. The molecular weight excluding hydrogens is 478 g/mol. The van der Waals surface area contributed by atoms with Gasteiger partial charge in [0, 0.05) is 31.3 Å². The highest BCUT2D eigenvalue weighted by molar-refractivity contribution is 6.04. The second-order valence-corrected chi connectivity index (χ2v) is 9.87. The van der Waals surface area contributed by atoms with E-state index >= 15 is 0 Å². The number of hydrogen-bond donors (Lipinski definition) is 2. The Balaban J connectivity index is 1.33. The smallest absolute Gasteiger partial charge is 0.282 e. The summed E-state index contributed by atoms with van der Waals surface area (Å²) in [5, 5.41) is 18.0. The van der Waals surface area contributed by atoms with Gasteiger partial charge in [0.25, 0.3) is 12.3 Å². The van der Waals surface area contributed by atoms with Gasteiger partial charge in [-0.1, -0.05) is 0 Å². The molecule has 36 heavy (non-hydrogen) atoms. The van der Waals surface area contributed by atoms with E-state index in [9.17, 15) is 27.5 Å². The van der Waals surface area contributed by atoms with Crippen molar-refractivity contribution in [3.8, 4) is 0 Å². The van der Waals surface area contributed by atoms with E-state index < -0.39 is 29.6 Å². The second kappa shape index (κ2) is 9.02. The Bertz CT molecular complexity index is 1290. The molecule has 3 aromatic rings. The van der Waals surface area contributed by atoms with E-state index in [0.29, 0.717) is 49.3 Å². The van der Waals surface area contributed by atoms with Crippen LogP contribution in [0.2, 0.25) is 0 Å². The molecule has 2 aliphatic carbocycles. The van der Waals surface area contributed by atoms with E-state index in [4.69, 9.17) is 0 Å². The van der Waals surface area contributed by atoms with E-state index in [1.165, 1.54) is 16.8 Å². The molecule has 2 heterocycles. The average Bonchev–Trinajstić information content (AvgIpc) is 3.57. The van der Waals surface area contributed by atoms with Crippen LogP contribution in [-0.2, 0) is 19.2 Å². The molecule has 2 unspecified atom stereocenters. The third kappa shape index (κ3) is 4.19. The molecule has 2 atom stereocenters. The standard InChI is InChI=1S/C25H27F4N5O2/c1-3-34-20(9-19(32-34)23(28)29)25(36)10-14-6-13(7-15(14)11-25)21-22(33(2)12-30-21)24(35)31-16-4-5-17(26)18(27)8-16/h4-5,8-9,12-15,23,36H,3,6-7,10-11H2,1-2H3,(H,31,35). The van der Waals surface area contributed by atoms with Crippen molar-refractivity contribution < 1.29 is 27.5 Å². The first-order valence-corrected chi connectivity index (χ1v) is 12.0. The number of aromatic nitrogens is 4. The molecule has 0 radical (unpaired) electrons. The summed E-state index contributed by atoms with van der Waals surface area (Å²) in [6.07, 6.45) is 1.07. The highest BCUT2D eigenvalue weighted by atomic mass is 19.3. The van der Waals surface area contributed by atoms with Crippen LogP contribution in [0.1, 0.15) is 72.5 Å². The molecule has 2 aromatic heterocycles. The summed E-state index contributed by atoms with van der Waals surface area (Å²) < 4.78 is 56.3. The predicted octanol–water partition coefficient (Wildman–Crippen LogP) is 4.90. The molecule has 5 rings (SSSR count). The van der Waals surface area contributed by atoms with Gasteiger partial charge in [-0.05, 0) is 62.6 Å². The lowest BCUT2D eigenvalue weighted by Gasteiger charge is -2.25. The van der Waals surface area contributed by atoms with Crippen LogP contribution in [0.3, 0.4) is 0 Å². The van der Waals surface area contributed by atoms with Crippen LogP contribution in [0.25, 0.3) is 0 Å². The van der Waals surface area contributed by atoms with Crippen LogP contribution in [-0.4, -0.2) is 30.3 Å². The number of aliphatic hydroxyl groups is 1. The van der Waals surface area contributed by atoms with Gasteiger partial charge in [0.05, 0.1) is 17.7 Å². The number of anilines is 1. The summed E-state index contributed by atoms with van der Waals surface area (Å²) in [6, 6.07) is 4.47. The van der Waals surface area contributed by atoms with Crippen LogP contribution in [0.4, 0.5) is 23.2 Å². The zero-order chi connectivity index (χ0) is 25.8. The first-order valence-electron chi connectivity index (χ1n) is 12.0. The third-order valence-corrected chi connectivity index (χ3v) is 7.58. The maximum Gasteiger partial charge on any atom is 0.282 e. The summed E-state index contributed by atoms with van der Waals surface area (Å²) in [4.78, 5) is 17.5. The third-order valence-electron chi connectivity index (χ3n) is 7.58. The lowest BCUT2D eigenvalue weighted by Crippen LogP contribution is -2.27. The van der Waals surface area contributed by atoms with Gasteiger partial charge >= 0.3 is 0 Å². The number of carbonyl (C=O) groups excluding carboxylic acids is 1. The van der Waals surface area contributed by atoms with Gasteiger partial charge in [-0.2, -0.15) is 5.10 Å². The van der Waals surface area contributed by atoms with E-state index in [2.05, 4.69) is 15.4 Å². The number of nitrogens with one attached hydrogen (secondary N) is 1. The number of nitrogens with zero attached hydrogens (tertiary/aromatic N) is 4. The average molecular weight is 506 g/mol. The second-order valence-electron chi connectivity index (χ2n) is 9.87. The number of rotatable bonds is 6. The largest absolute Gasteiger partial charge is 0.384 e. The quantitative estimate of drug-likeness (QED) is 0.467. The summed E-state index contributed by atoms with van der Waals surface area (Å²) in [6.45, 7) is 2.18. The van der Waals surface area contributed by atoms with Gasteiger partial charge in [-0.15, -0.1) is 0 Å². The summed E-state index contributed by atoms with van der Waals surface area (Å²) in [5.74, 6) is -2.28. The first-order chi connectivity index (χ1) is 17.1. The Labute approximate surface area is 205 Å². The zero-order valence-corrected chi connectivity index (χ0v) is 19.9. The van der Waals surface area contributed by atoms with Crippen LogP contribution in [0.15, 0.2) is 30.6 Å². The van der Waals surface area contributed by atoms with Crippen molar-refractivity contribution in [2.45, 2.75) is 57.1 Å². The summed E-state index contributed by atoms with van der Waals surface area (Å²) in [7, 11) is 1.69. The highest BCUT2D eigenvalue weighted by Crippen LogP contribution is 2.57. The van der Waals surface area contributed by atoms with Crippen molar-refractivity contribution in [1.82, 2.24) is 19.3 Å². The molecule has 0 aliphatic heterocycles. The molecule has 192 valence electrons. The molecule has 11 heteroatoms. The maximum atomic E-state index is 13.6. The minimum atomic E-state index is -2.70. The number of amides is 1. The van der Waals surface area contributed by atoms with Crippen molar-refractivity contribution in [1.29, 1.82) is 0 Å². The maximum absolute atomic E-state index is 13.6. The molecule has 0 bridgehead atoms. The Hall–Kier alpha value is -3.21. The van der Waals surface area contributed by atoms with Crippen molar-refractivity contribution in [3.63, 3.8) is 0 Å². The number of imidazole rings is 1. The lowest BCUT2D eigenvalue weighted by molar-refractivity contribution is 0.0255. The zero-order valence-electron chi connectivity index (χ0n) is 19.9. The van der Waals surface area contributed by atoms with Crippen LogP contribution >= 0.6 is 0 Å². The van der Waals surface area contributed by atoms with Gasteiger partial charge in [0.15, 0.2) is 11.6 Å². The number of fused-ring (bicyclic) bond motifs is 1. The van der Waals surface area contributed by atoms with Crippen molar-refractivity contribution in [2.24, 2.45) is 18.9 Å². The predicted molar refractivity (Wildman–Crippen MR) is 122 cm³/mol. The monoisotopic (exact) mass is 505 g/mol. The van der Waals surface area contributed by atoms with E-state index in [1.54, 1.807) is 24.9 Å². The van der Waals surface area contributed by atoms with Gasteiger partial charge in [-0.25, -0.2) is 22.5 Å². The molecular formula is C25H27F4N5O2. The number of benzene rings is 1. The Morgan fingerprint density at radius 1 is 1.19 bits per heavy atom. The van der Waals surface area contributed by atoms with E-state index in [0.717, 1.165) is 12.1 Å². The number of aryl methyl sites for hydroxylation is 2. The number of carbonyl (C=O) groups is 1. The van der Waals surface area contributed by atoms with Crippen LogP contribution < -0.4 is 5.32 Å². The molecule has 0 spiro atoms. The van der Waals surface area contributed by atoms with Crippen LogP contribution in [0.5, 0.6) is 0 Å². The minimum Gasteiger partial charge on any atom is -0.384 e. The van der Waals surface area contributed by atoms with Crippen molar-refractivity contribution in [2.75, 3.05) is 5.32 Å². The lowest BCUT2D eigenvalue weighted by atomic mass is 9.90. The van der Waals surface area contributed by atoms with Gasteiger partial charge in [0.1, 0.15) is 17.0 Å². The molecule has 7 nitrogen and oxygen atoms in total. The van der Waals surface area contributed by atoms with Crippen LogP contribution in [0, 0.1) is 23.5 Å². The topological polar surface area (TPSA) is 85.0 Å². The Morgan fingerprint density at radius 3 is 2.50 bits per heavy atom. The van der Waals surface area contributed by atoms with Crippen molar-refractivity contribution in [3.05, 3.63) is 65.0 Å². The van der Waals surface area contributed by atoms with E-state index in [1.807, 2.05) is 0 Å². The molecule has 2 aliphatic rings. The molecule has 1 aromatic carbocycles. The fraction of sp³-hybridized carbons (Fsp3) is 0.480. The minimum absolute atomic E-state index is 0.0239. The molecule has 2 N–H and O–H groups in total. The SMILES string of the molecule is CCn1nc(C(F)F)cc1C1(O)CC2CC(c3ncn(C)c3C(=O)Nc3ccc(F)c(F)c3)CC2C1. The highest BCUT2D eigenvalue weighted by Gasteiger charge is 2.52. The first kappa shape index (κ1) is 24.5. The fourth-order valence-electron chi connectivity index (χ4n) is 6.04. The summed E-state index contributed by atoms with van der Waals surface area (Å²) in [5.41, 5.74) is -0.0427. The van der Waals surface area contributed by atoms with Gasteiger partial charge < -0.3 is 15.0 Å². The molecule has 0 saturated heterocycles. The Kier molecular flexibility index (Phi) is 6.14. The van der Waals surface area contributed by atoms with Crippen molar-refractivity contribution >= 4 is 11.6 Å². The number of alkyl halides is 2.